The summed E-state index contributed by atoms with van der Waals surface area (Å²) in [6.07, 6.45) is 3.12. The van der Waals surface area contributed by atoms with Crippen LogP contribution in [0.4, 0.5) is 0 Å². The highest BCUT2D eigenvalue weighted by Crippen LogP contribution is 2.45. The van der Waals surface area contributed by atoms with Crippen molar-refractivity contribution in [3.63, 3.8) is 0 Å². The van der Waals surface area contributed by atoms with Gasteiger partial charge in [-0.3, -0.25) is 9.69 Å². The molecule has 1 aliphatic rings. The van der Waals surface area contributed by atoms with Crippen molar-refractivity contribution in [2.45, 2.75) is 57.7 Å². The fourth-order valence-electron chi connectivity index (χ4n) is 2.80. The molecular weight excluding hydrogens is 318 g/mol. The summed E-state index contributed by atoms with van der Waals surface area (Å²) in [5.74, 6) is 0.236. The second-order valence-corrected chi connectivity index (χ2v) is 9.18. The lowest BCUT2D eigenvalue weighted by Crippen LogP contribution is -2.25. The second-order valence-electron chi connectivity index (χ2n) is 8.19. The van der Waals surface area contributed by atoms with Crippen LogP contribution in [0.1, 0.15) is 63.6 Å². The van der Waals surface area contributed by atoms with Crippen molar-refractivity contribution in [2.75, 3.05) is 0 Å². The topological polar surface area (TPSA) is 40.5 Å². The third-order valence-corrected chi connectivity index (χ3v) is 5.18. The molecule has 1 aromatic rings. The lowest BCUT2D eigenvalue weighted by atomic mass is 9.78. The smallest absolute Gasteiger partial charge is 0.251 e. The Labute approximate surface area is 149 Å². The minimum absolute atomic E-state index is 0.121. The maximum atomic E-state index is 12.1. The Balaban J connectivity index is 2.63. The summed E-state index contributed by atoms with van der Waals surface area (Å²) < 4.78 is 0. The van der Waals surface area contributed by atoms with Gasteiger partial charge in [-0.05, 0) is 51.1 Å². The number of hydrogen-bond donors (Lipinski definition) is 1. The van der Waals surface area contributed by atoms with Gasteiger partial charge in [-0.15, -0.1) is 11.8 Å². The molecule has 130 valence electrons. The fraction of sp³-hybridized carbons (Fsp3) is 0.450. The molecule has 1 unspecified atom stereocenters. The molecule has 4 heteroatoms. The Morgan fingerprint density at radius 3 is 2.08 bits per heavy atom. The summed E-state index contributed by atoms with van der Waals surface area (Å²) in [4.78, 5) is 13.8. The third-order valence-electron chi connectivity index (χ3n) is 4.14. The van der Waals surface area contributed by atoms with Crippen molar-refractivity contribution in [3.05, 3.63) is 53.1 Å². The highest BCUT2D eigenvalue weighted by atomic mass is 32.2. The van der Waals surface area contributed by atoms with E-state index in [1.54, 1.807) is 22.9 Å². The molecule has 3 nitrogen and oxygen atoms in total. The summed E-state index contributed by atoms with van der Waals surface area (Å²) in [5, 5.41) is 12.6. The molecule has 1 amide bonds. The van der Waals surface area contributed by atoms with Gasteiger partial charge in [0.25, 0.3) is 5.91 Å². The first kappa shape index (κ1) is 18.7. The van der Waals surface area contributed by atoms with Gasteiger partial charge >= 0.3 is 0 Å². The highest BCUT2D eigenvalue weighted by Gasteiger charge is 2.31. The fourth-order valence-corrected chi connectivity index (χ4v) is 3.74. The molecule has 1 N–H and O–H groups in total. The van der Waals surface area contributed by atoms with Gasteiger partial charge in [-0.1, -0.05) is 48.1 Å². The van der Waals surface area contributed by atoms with Crippen LogP contribution in [0.25, 0.3) is 0 Å². The van der Waals surface area contributed by atoms with Crippen LogP contribution in [0.5, 0.6) is 5.75 Å². The van der Waals surface area contributed by atoms with Crippen LogP contribution in [0.15, 0.2) is 36.4 Å². The van der Waals surface area contributed by atoms with Gasteiger partial charge in [0.1, 0.15) is 11.1 Å². The van der Waals surface area contributed by atoms with Crippen LogP contribution < -0.4 is 0 Å². The van der Waals surface area contributed by atoms with Gasteiger partial charge in [-0.2, -0.15) is 0 Å². The zero-order valence-corrected chi connectivity index (χ0v) is 16.2. The van der Waals surface area contributed by atoms with Crippen molar-refractivity contribution in [1.82, 2.24) is 4.90 Å². The number of nitrogens with zero attached hydrogens (tertiary/aromatic N) is 1. The SMILES string of the molecule is C=CC(=O)N1C=CSC1c1cc(C(C)(C)C)c(O)c(C(C)(C)C)c1. The molecule has 0 bridgehead atoms. The molecule has 0 saturated carbocycles. The van der Waals surface area contributed by atoms with E-state index in [0.29, 0.717) is 5.75 Å². The van der Waals surface area contributed by atoms with Crippen LogP contribution in [0, 0.1) is 0 Å². The normalized spacial score (nSPS) is 18.1. The van der Waals surface area contributed by atoms with E-state index in [1.165, 1.54) is 6.08 Å². The average Bonchev–Trinajstić information content (AvgIpc) is 2.93. The number of hydrogen-bond acceptors (Lipinski definition) is 3. The van der Waals surface area contributed by atoms with E-state index in [0.717, 1.165) is 16.7 Å². The van der Waals surface area contributed by atoms with Crippen molar-refractivity contribution >= 4 is 17.7 Å². The van der Waals surface area contributed by atoms with Gasteiger partial charge in [0.15, 0.2) is 0 Å². The highest BCUT2D eigenvalue weighted by molar-refractivity contribution is 8.02. The quantitative estimate of drug-likeness (QED) is 0.747. The van der Waals surface area contributed by atoms with E-state index in [1.807, 2.05) is 17.5 Å². The molecule has 2 rings (SSSR count). The van der Waals surface area contributed by atoms with Crippen molar-refractivity contribution < 1.29 is 9.90 Å². The molecule has 0 radical (unpaired) electrons. The number of carbonyl (C=O) groups is 1. The number of aromatic hydroxyl groups is 1. The molecule has 0 aliphatic carbocycles. The van der Waals surface area contributed by atoms with E-state index >= 15 is 0 Å². The monoisotopic (exact) mass is 345 g/mol. The van der Waals surface area contributed by atoms with E-state index in [-0.39, 0.29) is 22.1 Å². The second kappa shape index (κ2) is 6.32. The molecule has 0 fully saturated rings. The van der Waals surface area contributed by atoms with Crippen LogP contribution in [-0.2, 0) is 15.6 Å². The molecule has 1 heterocycles. The lowest BCUT2D eigenvalue weighted by Gasteiger charge is -2.30. The van der Waals surface area contributed by atoms with Crippen LogP contribution in [-0.4, -0.2) is 15.9 Å². The van der Waals surface area contributed by atoms with Crippen molar-refractivity contribution in [1.29, 1.82) is 0 Å². The standard InChI is InChI=1S/C20H27NO2S/c1-8-16(22)21-9-10-24-18(21)13-11-14(19(2,3)4)17(23)15(12-13)20(5,6)7/h8-12,18,23H,1H2,2-7H3. The summed E-state index contributed by atoms with van der Waals surface area (Å²) in [6.45, 7) is 16.1. The van der Waals surface area contributed by atoms with E-state index in [2.05, 4.69) is 48.1 Å². The molecule has 1 aromatic carbocycles. The molecule has 1 atom stereocenters. The van der Waals surface area contributed by atoms with E-state index in [9.17, 15) is 9.90 Å². The predicted octanol–water partition coefficient (Wildman–Crippen LogP) is 5.22. The Bertz CT molecular complexity index is 658. The zero-order chi connectivity index (χ0) is 18.3. The summed E-state index contributed by atoms with van der Waals surface area (Å²) >= 11 is 1.59. The first-order valence-electron chi connectivity index (χ1n) is 8.11. The minimum Gasteiger partial charge on any atom is -0.507 e. The molecule has 1 aliphatic heterocycles. The van der Waals surface area contributed by atoms with E-state index < -0.39 is 0 Å². The Morgan fingerprint density at radius 1 is 1.17 bits per heavy atom. The maximum absolute atomic E-state index is 12.1. The Hall–Kier alpha value is -1.68. The number of carbonyl (C=O) groups excluding carboxylic acids is 1. The summed E-state index contributed by atoms with van der Waals surface area (Å²) in [5.41, 5.74) is 2.45. The average molecular weight is 346 g/mol. The molecular formula is C20H27NO2S. The number of benzene rings is 1. The zero-order valence-electron chi connectivity index (χ0n) is 15.4. The molecule has 24 heavy (non-hydrogen) atoms. The Kier molecular flexibility index (Phi) is 4.91. The number of phenolic OH excluding ortho intramolecular Hbond substituents is 1. The largest absolute Gasteiger partial charge is 0.507 e. The maximum Gasteiger partial charge on any atom is 0.251 e. The molecule has 0 saturated heterocycles. The van der Waals surface area contributed by atoms with Gasteiger partial charge < -0.3 is 5.11 Å². The Morgan fingerprint density at radius 2 is 1.67 bits per heavy atom. The van der Waals surface area contributed by atoms with Crippen LogP contribution >= 0.6 is 11.8 Å². The van der Waals surface area contributed by atoms with Crippen LogP contribution in [0.2, 0.25) is 0 Å². The predicted molar refractivity (Wildman–Crippen MR) is 102 cm³/mol. The van der Waals surface area contributed by atoms with Crippen molar-refractivity contribution in [3.8, 4) is 5.75 Å². The molecule has 0 aromatic heterocycles. The number of phenols is 1. The van der Waals surface area contributed by atoms with Gasteiger partial charge in [0, 0.05) is 6.20 Å². The van der Waals surface area contributed by atoms with Crippen LogP contribution in [0.3, 0.4) is 0 Å². The molecule has 0 spiro atoms. The number of thioether (sulfide) groups is 1. The summed E-state index contributed by atoms with van der Waals surface area (Å²) in [6, 6.07) is 4.05. The first-order chi connectivity index (χ1) is 11.0. The van der Waals surface area contributed by atoms with Gasteiger partial charge in [0.2, 0.25) is 0 Å². The van der Waals surface area contributed by atoms with Crippen molar-refractivity contribution in [2.24, 2.45) is 0 Å². The van der Waals surface area contributed by atoms with Gasteiger partial charge in [-0.25, -0.2) is 0 Å². The van der Waals surface area contributed by atoms with E-state index in [4.69, 9.17) is 0 Å². The summed E-state index contributed by atoms with van der Waals surface area (Å²) in [7, 11) is 0. The van der Waals surface area contributed by atoms with Gasteiger partial charge in [0.05, 0.1) is 0 Å². The third kappa shape index (κ3) is 3.54. The first-order valence-corrected chi connectivity index (χ1v) is 9.06. The minimum atomic E-state index is -0.190. The number of rotatable bonds is 2. The lowest BCUT2D eigenvalue weighted by molar-refractivity contribution is -0.124. The number of amides is 1.